The summed E-state index contributed by atoms with van der Waals surface area (Å²) in [5.41, 5.74) is 0.662. The van der Waals surface area contributed by atoms with Gasteiger partial charge in [-0.25, -0.2) is 0 Å². The predicted molar refractivity (Wildman–Crippen MR) is 85.6 cm³/mol. The van der Waals surface area contributed by atoms with E-state index in [1.807, 2.05) is 31.2 Å². The number of ether oxygens (including phenoxy) is 3. The highest BCUT2D eigenvalue weighted by Gasteiger charge is 2.23. The van der Waals surface area contributed by atoms with Crippen molar-refractivity contribution < 1.29 is 29.1 Å². The van der Waals surface area contributed by atoms with Gasteiger partial charge in [0.2, 0.25) is 0 Å². The fraction of sp³-hybridized carbons (Fsp3) is 0.588. The summed E-state index contributed by atoms with van der Waals surface area (Å²) in [6.07, 6.45) is -1.09. The molecule has 2 atom stereocenters. The molecule has 2 unspecified atom stereocenters. The minimum Gasteiger partial charge on any atom is -0.845 e. The van der Waals surface area contributed by atoms with Crippen molar-refractivity contribution in [1.82, 2.24) is 0 Å². The molecule has 2 heterocycles. The number of nitrogens with one attached hydrogen (secondary N) is 1. The molecule has 7 heteroatoms. The number of hydrogen-bond acceptors (Lipinski definition) is 6. The monoisotopic (exact) mass is 336 g/mol. The predicted octanol–water partition coefficient (Wildman–Crippen LogP) is -1.14. The van der Waals surface area contributed by atoms with E-state index in [0.29, 0.717) is 24.6 Å². The third-order valence-electron chi connectivity index (χ3n) is 4.16. The number of morpholine rings is 1. The second kappa shape index (κ2) is 8.32. The van der Waals surface area contributed by atoms with Crippen LogP contribution in [0, 0.1) is 0 Å². The molecular formula is C17H24N2O5. The maximum absolute atomic E-state index is 12.0. The summed E-state index contributed by atoms with van der Waals surface area (Å²) in [5, 5.41) is 16.0. The zero-order valence-corrected chi connectivity index (χ0v) is 13.9. The summed E-state index contributed by atoms with van der Waals surface area (Å²) >= 11 is 0. The van der Waals surface area contributed by atoms with E-state index in [4.69, 9.17) is 19.0 Å². The van der Waals surface area contributed by atoms with Crippen LogP contribution in [0.25, 0.3) is 0 Å². The number of benzene rings is 1. The lowest BCUT2D eigenvalue weighted by Crippen LogP contribution is -3.15. The van der Waals surface area contributed by atoms with Gasteiger partial charge in [0.1, 0.15) is 26.3 Å². The number of para-hydroxylation sites is 2. The number of nitrogens with zero attached hydrogens (tertiary/aromatic N) is 1. The summed E-state index contributed by atoms with van der Waals surface area (Å²) in [7, 11) is 0. The van der Waals surface area contributed by atoms with Crippen molar-refractivity contribution in [3.63, 3.8) is 0 Å². The molecule has 3 rings (SSSR count). The molecule has 0 radical (unpaired) electrons. The van der Waals surface area contributed by atoms with Gasteiger partial charge in [0, 0.05) is 0 Å². The van der Waals surface area contributed by atoms with Gasteiger partial charge in [0.05, 0.1) is 25.5 Å². The first kappa shape index (κ1) is 17.0. The maximum atomic E-state index is 12.0. The SMILES string of the molecule is C/C(=N\OCC([O-])C[NH+]1CCOCC1)C1COc2ccccc2O1. The fourth-order valence-corrected chi connectivity index (χ4v) is 2.75. The van der Waals surface area contributed by atoms with Gasteiger partial charge in [-0.1, -0.05) is 17.3 Å². The van der Waals surface area contributed by atoms with Gasteiger partial charge in [-0.3, -0.25) is 0 Å². The van der Waals surface area contributed by atoms with Crippen LogP contribution in [0.15, 0.2) is 29.4 Å². The molecule has 1 N–H and O–H groups in total. The highest BCUT2D eigenvalue weighted by atomic mass is 16.6. The van der Waals surface area contributed by atoms with Gasteiger partial charge < -0.3 is 29.1 Å². The Morgan fingerprint density at radius 2 is 2.08 bits per heavy atom. The van der Waals surface area contributed by atoms with E-state index in [9.17, 15) is 5.11 Å². The molecule has 1 saturated heterocycles. The Hall–Kier alpha value is -1.83. The van der Waals surface area contributed by atoms with Crippen LogP contribution in [0.5, 0.6) is 11.5 Å². The molecule has 0 aromatic heterocycles. The Morgan fingerprint density at radius 1 is 1.33 bits per heavy atom. The summed E-state index contributed by atoms with van der Waals surface area (Å²) < 4.78 is 16.8. The Morgan fingerprint density at radius 3 is 2.88 bits per heavy atom. The lowest BCUT2D eigenvalue weighted by atomic mass is 10.2. The van der Waals surface area contributed by atoms with Crippen LogP contribution in [0.3, 0.4) is 0 Å². The van der Waals surface area contributed by atoms with Crippen molar-refractivity contribution in [2.24, 2.45) is 5.16 Å². The number of rotatable bonds is 6. The van der Waals surface area contributed by atoms with Crippen LogP contribution in [0.4, 0.5) is 0 Å². The Balaban J connectivity index is 1.43. The van der Waals surface area contributed by atoms with Crippen molar-refractivity contribution in [2.75, 3.05) is 46.1 Å². The largest absolute Gasteiger partial charge is 0.845 e. The fourth-order valence-electron chi connectivity index (χ4n) is 2.75. The minimum absolute atomic E-state index is 0.0614. The molecule has 1 aromatic carbocycles. The van der Waals surface area contributed by atoms with Crippen LogP contribution < -0.4 is 19.5 Å². The Bertz CT molecular complexity index is 560. The van der Waals surface area contributed by atoms with Crippen LogP contribution in [-0.4, -0.2) is 64.0 Å². The molecule has 24 heavy (non-hydrogen) atoms. The van der Waals surface area contributed by atoms with Gasteiger partial charge in [-0.05, 0) is 25.2 Å². The number of oxime groups is 1. The quantitative estimate of drug-likeness (QED) is 0.525. The van der Waals surface area contributed by atoms with Crippen LogP contribution >= 0.6 is 0 Å². The zero-order chi connectivity index (χ0) is 16.8. The van der Waals surface area contributed by atoms with E-state index < -0.39 is 6.10 Å². The van der Waals surface area contributed by atoms with Crippen molar-refractivity contribution in [3.8, 4) is 11.5 Å². The molecule has 0 amide bonds. The lowest BCUT2D eigenvalue weighted by molar-refractivity contribution is -0.917. The molecule has 132 valence electrons. The summed E-state index contributed by atoms with van der Waals surface area (Å²) in [6.45, 7) is 6.01. The average Bonchev–Trinajstić information content (AvgIpc) is 2.62. The van der Waals surface area contributed by atoms with Gasteiger partial charge in [-0.15, -0.1) is 0 Å². The highest BCUT2D eigenvalue weighted by molar-refractivity contribution is 5.86. The first-order chi connectivity index (χ1) is 11.7. The van der Waals surface area contributed by atoms with E-state index in [1.54, 1.807) is 0 Å². The number of hydrogen-bond donors (Lipinski definition) is 1. The molecule has 0 aliphatic carbocycles. The minimum atomic E-state index is -0.793. The van der Waals surface area contributed by atoms with Crippen LogP contribution in [0.1, 0.15) is 6.92 Å². The lowest BCUT2D eigenvalue weighted by Gasteiger charge is -2.30. The van der Waals surface area contributed by atoms with Crippen LogP contribution in [-0.2, 0) is 9.57 Å². The molecule has 1 aromatic rings. The maximum Gasteiger partial charge on any atom is 0.174 e. The standard InChI is InChI=1S/C17H23N2O5/c1-13(17-12-22-15-4-2-3-5-16(15)24-17)18-23-11-14(20)10-19-6-8-21-9-7-19/h2-5,14,17H,6-12H2,1H3/q-1/p+1/b18-13+. The number of quaternary nitrogens is 1. The topological polar surface area (TPSA) is 76.8 Å². The average molecular weight is 336 g/mol. The second-order valence-corrected chi connectivity index (χ2v) is 6.08. The summed E-state index contributed by atoms with van der Waals surface area (Å²) in [4.78, 5) is 6.50. The third-order valence-corrected chi connectivity index (χ3v) is 4.16. The van der Waals surface area contributed by atoms with Gasteiger partial charge >= 0.3 is 0 Å². The molecule has 2 aliphatic rings. The van der Waals surface area contributed by atoms with Crippen molar-refractivity contribution in [2.45, 2.75) is 19.1 Å². The Kier molecular flexibility index (Phi) is 5.90. The normalized spacial score (nSPS) is 22.9. The second-order valence-electron chi connectivity index (χ2n) is 6.08. The molecule has 0 bridgehead atoms. The molecule has 2 aliphatic heterocycles. The van der Waals surface area contributed by atoms with E-state index >= 15 is 0 Å². The number of fused-ring (bicyclic) bond motifs is 1. The van der Waals surface area contributed by atoms with Gasteiger partial charge in [0.15, 0.2) is 17.6 Å². The van der Waals surface area contributed by atoms with E-state index in [2.05, 4.69) is 5.16 Å². The third kappa shape index (κ3) is 4.59. The van der Waals surface area contributed by atoms with Crippen molar-refractivity contribution in [1.29, 1.82) is 0 Å². The molecule has 0 spiro atoms. The van der Waals surface area contributed by atoms with Gasteiger partial charge in [-0.2, -0.15) is 0 Å². The van der Waals surface area contributed by atoms with Gasteiger partial charge in [0.25, 0.3) is 0 Å². The first-order valence-electron chi connectivity index (χ1n) is 8.34. The Labute approximate surface area is 141 Å². The van der Waals surface area contributed by atoms with Crippen molar-refractivity contribution in [3.05, 3.63) is 24.3 Å². The van der Waals surface area contributed by atoms with E-state index in [1.165, 1.54) is 4.90 Å². The molecular weight excluding hydrogens is 312 g/mol. The summed E-state index contributed by atoms with van der Waals surface area (Å²) in [6, 6.07) is 7.51. The molecule has 1 fully saturated rings. The first-order valence-corrected chi connectivity index (χ1v) is 8.34. The smallest absolute Gasteiger partial charge is 0.174 e. The van der Waals surface area contributed by atoms with Crippen molar-refractivity contribution >= 4 is 5.71 Å². The molecule has 0 saturated carbocycles. The summed E-state index contributed by atoms with van der Waals surface area (Å²) in [5.74, 6) is 1.43. The molecule has 7 nitrogen and oxygen atoms in total. The highest BCUT2D eigenvalue weighted by Crippen LogP contribution is 2.31. The zero-order valence-electron chi connectivity index (χ0n) is 13.9. The van der Waals surface area contributed by atoms with E-state index in [-0.39, 0.29) is 12.7 Å². The van der Waals surface area contributed by atoms with Crippen LogP contribution in [0.2, 0.25) is 0 Å². The van der Waals surface area contributed by atoms with E-state index in [0.717, 1.165) is 32.1 Å².